The van der Waals surface area contributed by atoms with E-state index in [1.54, 1.807) is 24.3 Å². The van der Waals surface area contributed by atoms with Crippen molar-refractivity contribution in [3.05, 3.63) is 77.9 Å². The average Bonchev–Trinajstić information content (AvgIpc) is 2.73. The number of benzene rings is 3. The molecular formula is C24H26N2O5S. The highest BCUT2D eigenvalue weighted by Gasteiger charge is 2.14. The van der Waals surface area contributed by atoms with E-state index >= 15 is 0 Å². The molecule has 0 aliphatic heterocycles. The number of hydrogen-bond donors (Lipinski definition) is 2. The Morgan fingerprint density at radius 1 is 0.812 bits per heavy atom. The first-order valence-electron chi connectivity index (χ1n) is 10.1. The standard InChI is InChI=1S/C24H26N2O5S/c1-4-30-21-7-5-19(6-8-21)26-32(28,29)23-11-9-22(10-12-23)31-16-24(27)25-20-14-17(2)13-18(3)15-20/h5-15,26H,4,16H2,1-3H3,(H,25,27). The number of rotatable bonds is 9. The van der Waals surface area contributed by atoms with Crippen molar-refractivity contribution in [2.75, 3.05) is 23.3 Å². The van der Waals surface area contributed by atoms with Crippen LogP contribution in [0, 0.1) is 13.8 Å². The maximum Gasteiger partial charge on any atom is 0.262 e. The Balaban J connectivity index is 1.57. The van der Waals surface area contributed by atoms with E-state index < -0.39 is 10.0 Å². The van der Waals surface area contributed by atoms with Crippen molar-refractivity contribution in [1.29, 1.82) is 0 Å². The summed E-state index contributed by atoms with van der Waals surface area (Å²) in [6, 6.07) is 18.3. The van der Waals surface area contributed by atoms with Crippen molar-refractivity contribution in [3.8, 4) is 11.5 Å². The number of nitrogens with one attached hydrogen (secondary N) is 2. The van der Waals surface area contributed by atoms with Gasteiger partial charge in [0, 0.05) is 11.4 Å². The zero-order chi connectivity index (χ0) is 23.1. The molecule has 0 spiro atoms. The summed E-state index contributed by atoms with van der Waals surface area (Å²) in [6.45, 7) is 6.14. The minimum Gasteiger partial charge on any atom is -0.494 e. The Bertz CT molecular complexity index is 1150. The molecule has 0 heterocycles. The summed E-state index contributed by atoms with van der Waals surface area (Å²) >= 11 is 0. The minimum atomic E-state index is -3.76. The Morgan fingerprint density at radius 3 is 1.97 bits per heavy atom. The van der Waals surface area contributed by atoms with Crippen LogP contribution in [0.5, 0.6) is 11.5 Å². The fraction of sp³-hybridized carbons (Fsp3) is 0.208. The molecule has 0 atom stereocenters. The second kappa shape index (κ2) is 10.2. The van der Waals surface area contributed by atoms with Gasteiger partial charge in [0.2, 0.25) is 0 Å². The fourth-order valence-electron chi connectivity index (χ4n) is 3.11. The largest absolute Gasteiger partial charge is 0.494 e. The molecule has 0 saturated heterocycles. The average molecular weight is 455 g/mol. The second-order valence-electron chi connectivity index (χ2n) is 7.25. The van der Waals surface area contributed by atoms with E-state index in [1.807, 2.05) is 39.0 Å². The van der Waals surface area contributed by atoms with Gasteiger partial charge in [-0.25, -0.2) is 8.42 Å². The first kappa shape index (κ1) is 23.1. The molecule has 0 fully saturated rings. The van der Waals surface area contributed by atoms with Gasteiger partial charge in [-0.3, -0.25) is 9.52 Å². The molecule has 2 N–H and O–H groups in total. The third-order valence-electron chi connectivity index (χ3n) is 4.43. The Morgan fingerprint density at radius 2 is 1.38 bits per heavy atom. The summed E-state index contributed by atoms with van der Waals surface area (Å²) < 4.78 is 38.6. The van der Waals surface area contributed by atoms with Gasteiger partial charge in [-0.2, -0.15) is 0 Å². The molecule has 0 bridgehead atoms. The summed E-state index contributed by atoms with van der Waals surface area (Å²) in [5.41, 5.74) is 3.24. The first-order chi connectivity index (χ1) is 15.2. The molecule has 0 aromatic heterocycles. The molecule has 0 unspecified atom stereocenters. The van der Waals surface area contributed by atoms with Gasteiger partial charge in [0.05, 0.1) is 11.5 Å². The molecule has 1 amide bonds. The predicted octanol–water partition coefficient (Wildman–Crippen LogP) is 4.52. The van der Waals surface area contributed by atoms with E-state index in [0.717, 1.165) is 11.1 Å². The number of anilines is 2. The SMILES string of the molecule is CCOc1ccc(NS(=O)(=O)c2ccc(OCC(=O)Nc3cc(C)cc(C)c3)cc2)cc1. The summed E-state index contributed by atoms with van der Waals surface area (Å²) in [6.07, 6.45) is 0. The van der Waals surface area contributed by atoms with Crippen molar-refractivity contribution in [2.45, 2.75) is 25.7 Å². The van der Waals surface area contributed by atoms with Crippen molar-refractivity contribution in [2.24, 2.45) is 0 Å². The smallest absolute Gasteiger partial charge is 0.262 e. The Kier molecular flexibility index (Phi) is 7.37. The zero-order valence-electron chi connectivity index (χ0n) is 18.2. The monoisotopic (exact) mass is 454 g/mol. The number of sulfonamides is 1. The highest BCUT2D eigenvalue weighted by Crippen LogP contribution is 2.21. The van der Waals surface area contributed by atoms with Crippen LogP contribution < -0.4 is 19.5 Å². The highest BCUT2D eigenvalue weighted by atomic mass is 32.2. The number of carbonyl (C=O) groups excluding carboxylic acids is 1. The van der Waals surface area contributed by atoms with Crippen LogP contribution >= 0.6 is 0 Å². The molecule has 32 heavy (non-hydrogen) atoms. The normalized spacial score (nSPS) is 11.0. The lowest BCUT2D eigenvalue weighted by Gasteiger charge is -2.11. The van der Waals surface area contributed by atoms with Crippen LogP contribution in [0.3, 0.4) is 0 Å². The Hall–Kier alpha value is -3.52. The zero-order valence-corrected chi connectivity index (χ0v) is 19.0. The van der Waals surface area contributed by atoms with Crippen LogP contribution in [-0.4, -0.2) is 27.5 Å². The molecule has 3 aromatic carbocycles. The quantitative estimate of drug-likeness (QED) is 0.496. The highest BCUT2D eigenvalue weighted by molar-refractivity contribution is 7.92. The van der Waals surface area contributed by atoms with Gasteiger partial charge in [0.15, 0.2) is 6.61 Å². The molecule has 0 saturated carbocycles. The summed E-state index contributed by atoms with van der Waals surface area (Å²) in [5.74, 6) is 0.753. The molecule has 7 nitrogen and oxygen atoms in total. The number of aryl methyl sites for hydroxylation is 2. The maximum absolute atomic E-state index is 12.6. The summed E-state index contributed by atoms with van der Waals surface area (Å²) in [4.78, 5) is 12.2. The van der Waals surface area contributed by atoms with Gasteiger partial charge in [-0.05, 0) is 92.6 Å². The van der Waals surface area contributed by atoms with Crippen LogP contribution in [-0.2, 0) is 14.8 Å². The van der Waals surface area contributed by atoms with Crippen molar-refractivity contribution < 1.29 is 22.7 Å². The van der Waals surface area contributed by atoms with Crippen LogP contribution in [0.4, 0.5) is 11.4 Å². The van der Waals surface area contributed by atoms with E-state index in [9.17, 15) is 13.2 Å². The first-order valence-corrected chi connectivity index (χ1v) is 11.6. The number of carbonyl (C=O) groups is 1. The van der Waals surface area contributed by atoms with Crippen molar-refractivity contribution in [1.82, 2.24) is 0 Å². The molecule has 3 aromatic rings. The van der Waals surface area contributed by atoms with Crippen LogP contribution in [0.2, 0.25) is 0 Å². The van der Waals surface area contributed by atoms with Gasteiger partial charge in [0.1, 0.15) is 11.5 Å². The van der Waals surface area contributed by atoms with E-state index in [-0.39, 0.29) is 17.4 Å². The lowest BCUT2D eigenvalue weighted by molar-refractivity contribution is -0.118. The Labute approximate surface area is 188 Å². The van der Waals surface area contributed by atoms with Crippen molar-refractivity contribution >= 4 is 27.3 Å². The minimum absolute atomic E-state index is 0.0819. The maximum atomic E-state index is 12.6. The molecule has 168 valence electrons. The van der Waals surface area contributed by atoms with Crippen LogP contribution in [0.15, 0.2) is 71.6 Å². The van der Waals surface area contributed by atoms with E-state index in [1.165, 1.54) is 24.3 Å². The van der Waals surface area contributed by atoms with Gasteiger partial charge in [-0.15, -0.1) is 0 Å². The lowest BCUT2D eigenvalue weighted by atomic mass is 10.1. The van der Waals surface area contributed by atoms with Gasteiger partial charge in [-0.1, -0.05) is 6.07 Å². The number of hydrogen-bond acceptors (Lipinski definition) is 5. The second-order valence-corrected chi connectivity index (χ2v) is 8.93. The van der Waals surface area contributed by atoms with E-state index in [4.69, 9.17) is 9.47 Å². The molecule has 0 aliphatic carbocycles. The molecule has 3 rings (SSSR count). The van der Waals surface area contributed by atoms with Crippen LogP contribution in [0.1, 0.15) is 18.1 Å². The third-order valence-corrected chi connectivity index (χ3v) is 5.82. The molecule has 8 heteroatoms. The lowest BCUT2D eigenvalue weighted by Crippen LogP contribution is -2.20. The van der Waals surface area contributed by atoms with Crippen LogP contribution in [0.25, 0.3) is 0 Å². The summed E-state index contributed by atoms with van der Waals surface area (Å²) in [5, 5.41) is 2.79. The number of amides is 1. The molecular weight excluding hydrogens is 428 g/mol. The fourth-order valence-corrected chi connectivity index (χ4v) is 4.17. The van der Waals surface area contributed by atoms with Gasteiger partial charge < -0.3 is 14.8 Å². The number of ether oxygens (including phenoxy) is 2. The van der Waals surface area contributed by atoms with Gasteiger partial charge in [0.25, 0.3) is 15.9 Å². The third kappa shape index (κ3) is 6.49. The topological polar surface area (TPSA) is 93.7 Å². The van der Waals surface area contributed by atoms with E-state index in [2.05, 4.69) is 10.0 Å². The van der Waals surface area contributed by atoms with E-state index in [0.29, 0.717) is 29.5 Å². The molecule has 0 radical (unpaired) electrons. The van der Waals surface area contributed by atoms with Gasteiger partial charge >= 0.3 is 0 Å². The molecule has 0 aliphatic rings. The van der Waals surface area contributed by atoms with Crippen molar-refractivity contribution in [3.63, 3.8) is 0 Å². The summed E-state index contributed by atoms with van der Waals surface area (Å²) in [7, 11) is -3.76. The predicted molar refractivity (Wildman–Crippen MR) is 125 cm³/mol.